The largest absolute Gasteiger partial charge is 0.421 e. The van der Waals surface area contributed by atoms with Crippen LogP contribution in [0.4, 0.5) is 5.82 Å². The molecule has 0 unspecified atom stereocenters. The second-order valence-electron chi connectivity index (χ2n) is 6.71. The highest BCUT2D eigenvalue weighted by Crippen LogP contribution is 2.23. The standard InChI is InChI=1S/C18H19N7O2/c1-22-16-13(10-21-22)17(20-11-19-16)24-8-6-23(7-9-24)12-25-14-4-2-3-5-15(14)27-18(25)26/h2-5,10-11H,6-9,12H2,1H3. The zero-order valence-corrected chi connectivity index (χ0v) is 14.9. The first-order valence-electron chi connectivity index (χ1n) is 8.89. The van der Waals surface area contributed by atoms with Gasteiger partial charge in [-0.25, -0.2) is 14.8 Å². The molecule has 27 heavy (non-hydrogen) atoms. The number of piperazine rings is 1. The molecule has 0 radical (unpaired) electrons. The first-order chi connectivity index (χ1) is 13.2. The van der Waals surface area contributed by atoms with Gasteiger partial charge in [-0.1, -0.05) is 12.1 Å². The lowest BCUT2D eigenvalue weighted by Gasteiger charge is -2.35. The van der Waals surface area contributed by atoms with Crippen molar-refractivity contribution in [3.8, 4) is 0 Å². The molecule has 4 heterocycles. The lowest BCUT2D eigenvalue weighted by molar-refractivity contribution is 0.202. The smallest absolute Gasteiger partial charge is 0.408 e. The molecule has 0 amide bonds. The number of para-hydroxylation sites is 2. The van der Waals surface area contributed by atoms with Crippen LogP contribution in [0.3, 0.4) is 0 Å². The lowest BCUT2D eigenvalue weighted by Crippen LogP contribution is -2.47. The molecule has 1 fully saturated rings. The van der Waals surface area contributed by atoms with Crippen molar-refractivity contribution in [1.29, 1.82) is 0 Å². The summed E-state index contributed by atoms with van der Waals surface area (Å²) in [6.07, 6.45) is 3.40. The van der Waals surface area contributed by atoms with E-state index in [4.69, 9.17) is 4.42 Å². The van der Waals surface area contributed by atoms with Crippen molar-refractivity contribution >= 4 is 28.0 Å². The molecule has 3 aromatic heterocycles. The van der Waals surface area contributed by atoms with Crippen LogP contribution in [0.5, 0.6) is 0 Å². The third kappa shape index (κ3) is 2.67. The number of hydrogen-bond donors (Lipinski definition) is 0. The fraction of sp³-hybridized carbons (Fsp3) is 0.333. The van der Waals surface area contributed by atoms with Crippen LogP contribution in [0.25, 0.3) is 22.1 Å². The second-order valence-corrected chi connectivity index (χ2v) is 6.71. The molecule has 138 valence electrons. The van der Waals surface area contributed by atoms with E-state index in [0.29, 0.717) is 12.3 Å². The summed E-state index contributed by atoms with van der Waals surface area (Å²) >= 11 is 0. The third-order valence-corrected chi connectivity index (χ3v) is 5.10. The maximum atomic E-state index is 12.2. The highest BCUT2D eigenvalue weighted by molar-refractivity contribution is 5.86. The number of aromatic nitrogens is 5. The van der Waals surface area contributed by atoms with Crippen LogP contribution in [0.1, 0.15) is 0 Å². The predicted octanol–water partition coefficient (Wildman–Crippen LogP) is 1.05. The summed E-state index contributed by atoms with van der Waals surface area (Å²) in [4.78, 5) is 25.5. The van der Waals surface area contributed by atoms with E-state index in [0.717, 1.165) is 48.5 Å². The quantitative estimate of drug-likeness (QED) is 0.536. The Morgan fingerprint density at radius 2 is 1.93 bits per heavy atom. The Kier molecular flexibility index (Phi) is 3.68. The van der Waals surface area contributed by atoms with Crippen molar-refractivity contribution in [3.63, 3.8) is 0 Å². The van der Waals surface area contributed by atoms with Crippen molar-refractivity contribution in [2.75, 3.05) is 31.1 Å². The molecule has 9 heteroatoms. The molecule has 1 aliphatic heterocycles. The molecular formula is C18H19N7O2. The molecule has 5 rings (SSSR count). The molecule has 9 nitrogen and oxygen atoms in total. The highest BCUT2D eigenvalue weighted by Gasteiger charge is 2.22. The average molecular weight is 365 g/mol. The van der Waals surface area contributed by atoms with Crippen LogP contribution < -0.4 is 10.7 Å². The van der Waals surface area contributed by atoms with Gasteiger partial charge in [-0.15, -0.1) is 0 Å². The molecule has 1 aliphatic rings. The zero-order chi connectivity index (χ0) is 18.4. The maximum absolute atomic E-state index is 12.2. The highest BCUT2D eigenvalue weighted by atomic mass is 16.4. The first-order valence-corrected chi connectivity index (χ1v) is 8.89. The van der Waals surface area contributed by atoms with E-state index in [1.165, 1.54) is 0 Å². The van der Waals surface area contributed by atoms with Crippen molar-refractivity contribution in [1.82, 2.24) is 29.2 Å². The van der Waals surface area contributed by atoms with Crippen molar-refractivity contribution in [2.24, 2.45) is 7.05 Å². The Morgan fingerprint density at radius 1 is 1.11 bits per heavy atom. The fourth-order valence-corrected chi connectivity index (χ4v) is 3.65. The summed E-state index contributed by atoms with van der Waals surface area (Å²) in [6.45, 7) is 3.84. The molecule has 1 saturated heterocycles. The number of anilines is 1. The molecule has 0 N–H and O–H groups in total. The van der Waals surface area contributed by atoms with Crippen LogP contribution in [-0.2, 0) is 13.7 Å². The van der Waals surface area contributed by atoms with Gasteiger partial charge in [0, 0.05) is 33.2 Å². The maximum Gasteiger partial charge on any atom is 0.421 e. The van der Waals surface area contributed by atoms with E-state index >= 15 is 0 Å². The minimum absolute atomic E-state index is 0.313. The minimum atomic E-state index is -0.313. The van der Waals surface area contributed by atoms with Gasteiger partial charge in [0.2, 0.25) is 0 Å². The Bertz CT molecular complexity index is 1170. The fourth-order valence-electron chi connectivity index (χ4n) is 3.65. The van der Waals surface area contributed by atoms with E-state index in [9.17, 15) is 4.79 Å². The number of fused-ring (bicyclic) bond motifs is 2. The Balaban J connectivity index is 1.34. The topological polar surface area (TPSA) is 85.2 Å². The Hall–Kier alpha value is -3.20. The Labute approximate surface area is 154 Å². The first kappa shape index (κ1) is 16.0. The average Bonchev–Trinajstić information content (AvgIpc) is 3.23. The lowest BCUT2D eigenvalue weighted by atomic mass is 10.3. The normalized spacial score (nSPS) is 15.8. The van der Waals surface area contributed by atoms with Crippen molar-refractivity contribution in [2.45, 2.75) is 6.67 Å². The number of nitrogens with zero attached hydrogens (tertiary/aromatic N) is 7. The molecular weight excluding hydrogens is 346 g/mol. The summed E-state index contributed by atoms with van der Waals surface area (Å²) in [5, 5.41) is 5.25. The van der Waals surface area contributed by atoms with E-state index in [1.807, 2.05) is 37.5 Å². The molecule has 0 bridgehead atoms. The van der Waals surface area contributed by atoms with E-state index in [1.54, 1.807) is 15.6 Å². The van der Waals surface area contributed by atoms with Gasteiger partial charge in [0.15, 0.2) is 11.2 Å². The number of hydrogen-bond acceptors (Lipinski definition) is 7. The van der Waals surface area contributed by atoms with E-state index in [2.05, 4.69) is 24.9 Å². The van der Waals surface area contributed by atoms with Crippen LogP contribution >= 0.6 is 0 Å². The van der Waals surface area contributed by atoms with Gasteiger partial charge in [-0.05, 0) is 12.1 Å². The molecule has 0 atom stereocenters. The molecule has 0 aliphatic carbocycles. The monoisotopic (exact) mass is 365 g/mol. The molecule has 1 aromatic carbocycles. The number of aryl methyl sites for hydroxylation is 1. The second kappa shape index (κ2) is 6.20. The predicted molar refractivity (Wildman–Crippen MR) is 101 cm³/mol. The number of rotatable bonds is 3. The third-order valence-electron chi connectivity index (χ3n) is 5.10. The van der Waals surface area contributed by atoms with Crippen LogP contribution in [-0.4, -0.2) is 55.4 Å². The zero-order valence-electron chi connectivity index (χ0n) is 14.9. The number of oxazole rings is 1. The summed E-state index contributed by atoms with van der Waals surface area (Å²) < 4.78 is 8.77. The molecule has 0 saturated carbocycles. The van der Waals surface area contributed by atoms with Crippen LogP contribution in [0, 0.1) is 0 Å². The van der Waals surface area contributed by atoms with Crippen LogP contribution in [0.15, 0.2) is 46.0 Å². The van der Waals surface area contributed by atoms with Gasteiger partial charge in [-0.2, -0.15) is 5.10 Å². The van der Waals surface area contributed by atoms with Gasteiger partial charge in [0.05, 0.1) is 23.8 Å². The van der Waals surface area contributed by atoms with Gasteiger partial charge < -0.3 is 9.32 Å². The van der Waals surface area contributed by atoms with Gasteiger partial charge >= 0.3 is 5.76 Å². The minimum Gasteiger partial charge on any atom is -0.408 e. The summed E-state index contributed by atoms with van der Waals surface area (Å²) in [5.74, 6) is 0.602. The molecule has 0 spiro atoms. The number of benzene rings is 1. The summed E-state index contributed by atoms with van der Waals surface area (Å²) in [5.41, 5.74) is 2.29. The summed E-state index contributed by atoms with van der Waals surface area (Å²) in [7, 11) is 1.88. The molecule has 4 aromatic rings. The Morgan fingerprint density at radius 3 is 2.78 bits per heavy atom. The van der Waals surface area contributed by atoms with E-state index in [-0.39, 0.29) is 5.76 Å². The van der Waals surface area contributed by atoms with Gasteiger partial charge in [0.25, 0.3) is 0 Å². The van der Waals surface area contributed by atoms with Gasteiger partial charge in [-0.3, -0.25) is 14.1 Å². The SMILES string of the molecule is Cn1ncc2c(N3CCN(Cn4c(=O)oc5ccccc54)CC3)ncnc21. The van der Waals surface area contributed by atoms with Crippen molar-refractivity contribution in [3.05, 3.63) is 47.3 Å². The van der Waals surface area contributed by atoms with Crippen molar-refractivity contribution < 1.29 is 4.42 Å². The summed E-state index contributed by atoms with van der Waals surface area (Å²) in [6, 6.07) is 7.52. The van der Waals surface area contributed by atoms with Gasteiger partial charge in [0.1, 0.15) is 12.1 Å². The van der Waals surface area contributed by atoms with Crippen LogP contribution in [0.2, 0.25) is 0 Å². The van der Waals surface area contributed by atoms with E-state index < -0.39 is 0 Å².